The fourth-order valence-corrected chi connectivity index (χ4v) is 2.45. The van der Waals surface area contributed by atoms with E-state index in [1.165, 1.54) is 23.1 Å². The Kier molecular flexibility index (Phi) is 2.96. The van der Waals surface area contributed by atoms with Crippen molar-refractivity contribution >= 4 is 11.9 Å². The predicted octanol–water partition coefficient (Wildman–Crippen LogP) is 1.44. The van der Waals surface area contributed by atoms with Crippen LogP contribution in [0.4, 0.5) is 8.78 Å². The second kappa shape index (κ2) is 4.57. The number of carboxylic acid groups (broad SMARTS) is 1. The van der Waals surface area contributed by atoms with Crippen LogP contribution in [0.1, 0.15) is 12.0 Å². The number of likely N-dealkylation sites (tertiary alicyclic amines) is 1. The van der Waals surface area contributed by atoms with Crippen LogP contribution in [-0.2, 0) is 16.1 Å². The second-order valence-electron chi connectivity index (χ2n) is 4.93. The van der Waals surface area contributed by atoms with Gasteiger partial charge in [0.1, 0.15) is 0 Å². The molecular formula is C13H11F2NO5. The first kappa shape index (κ1) is 13.6. The number of rotatable bonds is 3. The van der Waals surface area contributed by atoms with Crippen LogP contribution in [0.5, 0.6) is 11.5 Å². The van der Waals surface area contributed by atoms with Gasteiger partial charge in [-0.2, -0.15) is 0 Å². The minimum atomic E-state index is -3.73. The third kappa shape index (κ3) is 2.48. The van der Waals surface area contributed by atoms with Crippen molar-refractivity contribution in [1.82, 2.24) is 4.90 Å². The maximum Gasteiger partial charge on any atom is 0.586 e. The Bertz CT molecular complexity index is 619. The number of carbonyl (C=O) groups is 2. The Morgan fingerprint density at radius 2 is 2.19 bits per heavy atom. The maximum absolute atomic E-state index is 13.1. The normalized spacial score (nSPS) is 22.7. The molecule has 3 rings (SSSR count). The fraction of sp³-hybridized carbons (Fsp3) is 0.385. The van der Waals surface area contributed by atoms with Gasteiger partial charge < -0.3 is 19.5 Å². The van der Waals surface area contributed by atoms with Gasteiger partial charge in [0, 0.05) is 25.1 Å². The largest absolute Gasteiger partial charge is 0.586 e. The zero-order valence-corrected chi connectivity index (χ0v) is 10.7. The molecule has 8 heteroatoms. The molecule has 1 unspecified atom stereocenters. The van der Waals surface area contributed by atoms with Gasteiger partial charge in [0.05, 0.1) is 5.92 Å². The topological polar surface area (TPSA) is 76.1 Å². The minimum Gasteiger partial charge on any atom is -0.481 e. The molecule has 2 aliphatic rings. The fourth-order valence-electron chi connectivity index (χ4n) is 2.45. The van der Waals surface area contributed by atoms with E-state index in [2.05, 4.69) is 9.47 Å². The van der Waals surface area contributed by atoms with E-state index in [0.717, 1.165) is 0 Å². The van der Waals surface area contributed by atoms with Crippen molar-refractivity contribution in [3.8, 4) is 11.5 Å². The van der Waals surface area contributed by atoms with Crippen LogP contribution in [0.15, 0.2) is 18.2 Å². The number of para-hydroxylation sites is 1. The quantitative estimate of drug-likeness (QED) is 0.914. The van der Waals surface area contributed by atoms with Crippen molar-refractivity contribution in [2.75, 3.05) is 6.54 Å². The lowest BCUT2D eigenvalue weighted by Gasteiger charge is -2.17. The van der Waals surface area contributed by atoms with Crippen LogP contribution >= 0.6 is 0 Å². The van der Waals surface area contributed by atoms with Crippen molar-refractivity contribution in [2.45, 2.75) is 19.3 Å². The number of halogens is 2. The Morgan fingerprint density at radius 3 is 2.86 bits per heavy atom. The summed E-state index contributed by atoms with van der Waals surface area (Å²) in [7, 11) is 0. The monoisotopic (exact) mass is 299 g/mol. The zero-order chi connectivity index (χ0) is 15.2. The highest BCUT2D eigenvalue weighted by molar-refractivity contribution is 5.86. The third-order valence-corrected chi connectivity index (χ3v) is 3.44. The summed E-state index contributed by atoms with van der Waals surface area (Å²) in [6, 6.07) is 4.38. The van der Waals surface area contributed by atoms with Crippen LogP contribution < -0.4 is 9.47 Å². The number of hydrogen-bond donors (Lipinski definition) is 1. The van der Waals surface area contributed by atoms with Crippen molar-refractivity contribution in [1.29, 1.82) is 0 Å². The van der Waals surface area contributed by atoms with Crippen molar-refractivity contribution in [2.24, 2.45) is 5.92 Å². The number of ether oxygens (including phenoxy) is 2. The van der Waals surface area contributed by atoms with Gasteiger partial charge in [0.25, 0.3) is 0 Å². The number of carbonyl (C=O) groups excluding carboxylic acids is 1. The Morgan fingerprint density at radius 1 is 1.43 bits per heavy atom. The average molecular weight is 299 g/mol. The molecule has 0 spiro atoms. The predicted molar refractivity (Wildman–Crippen MR) is 63.8 cm³/mol. The summed E-state index contributed by atoms with van der Waals surface area (Å²) in [6.07, 6.45) is -3.81. The molecule has 6 nitrogen and oxygen atoms in total. The highest BCUT2D eigenvalue weighted by Gasteiger charge is 2.45. The van der Waals surface area contributed by atoms with Gasteiger partial charge in [0.15, 0.2) is 11.5 Å². The average Bonchev–Trinajstić information content (AvgIpc) is 2.89. The van der Waals surface area contributed by atoms with E-state index in [1.807, 2.05) is 0 Å². The van der Waals surface area contributed by atoms with Gasteiger partial charge in [-0.25, -0.2) is 0 Å². The molecule has 112 valence electrons. The molecule has 1 aromatic rings. The highest BCUT2D eigenvalue weighted by Crippen LogP contribution is 2.43. The van der Waals surface area contributed by atoms with Gasteiger partial charge in [-0.1, -0.05) is 12.1 Å². The van der Waals surface area contributed by atoms with Crippen LogP contribution in [0.3, 0.4) is 0 Å². The van der Waals surface area contributed by atoms with E-state index in [4.69, 9.17) is 5.11 Å². The van der Waals surface area contributed by atoms with Gasteiger partial charge in [-0.15, -0.1) is 8.78 Å². The lowest BCUT2D eigenvalue weighted by Crippen LogP contribution is -2.27. The van der Waals surface area contributed by atoms with Crippen LogP contribution in [-0.4, -0.2) is 34.7 Å². The minimum absolute atomic E-state index is 0.00519. The third-order valence-electron chi connectivity index (χ3n) is 3.44. The van der Waals surface area contributed by atoms with Crippen LogP contribution in [0.25, 0.3) is 0 Å². The lowest BCUT2D eigenvalue weighted by atomic mass is 10.1. The maximum atomic E-state index is 13.1. The van der Waals surface area contributed by atoms with E-state index in [9.17, 15) is 18.4 Å². The molecule has 1 N–H and O–H groups in total. The number of aliphatic carboxylic acids is 1. The summed E-state index contributed by atoms with van der Waals surface area (Å²) in [5, 5.41) is 8.92. The van der Waals surface area contributed by atoms with E-state index in [1.54, 1.807) is 0 Å². The summed E-state index contributed by atoms with van der Waals surface area (Å²) in [4.78, 5) is 24.0. The number of amides is 1. The second-order valence-corrected chi connectivity index (χ2v) is 4.93. The van der Waals surface area contributed by atoms with Gasteiger partial charge in [0.2, 0.25) is 5.91 Å². The molecule has 1 aromatic carbocycles. The molecule has 0 radical (unpaired) electrons. The van der Waals surface area contributed by atoms with Crippen molar-refractivity contribution < 1.29 is 33.0 Å². The smallest absolute Gasteiger partial charge is 0.481 e. The summed E-state index contributed by atoms with van der Waals surface area (Å²) >= 11 is 0. The molecule has 2 heterocycles. The molecule has 0 aromatic heterocycles. The van der Waals surface area contributed by atoms with Crippen LogP contribution in [0, 0.1) is 5.92 Å². The summed E-state index contributed by atoms with van der Waals surface area (Å²) in [6.45, 7) is 0.0559. The van der Waals surface area contributed by atoms with E-state index in [0.29, 0.717) is 5.56 Å². The van der Waals surface area contributed by atoms with Gasteiger partial charge in [-0.05, 0) is 6.07 Å². The molecule has 1 atom stereocenters. The first-order valence-corrected chi connectivity index (χ1v) is 6.24. The molecule has 0 saturated carbocycles. The number of alkyl halides is 2. The molecule has 1 saturated heterocycles. The summed E-state index contributed by atoms with van der Waals surface area (Å²) in [5.74, 6) is -2.36. The molecule has 1 amide bonds. The van der Waals surface area contributed by atoms with E-state index >= 15 is 0 Å². The number of carboxylic acids is 1. The number of nitrogens with zero attached hydrogens (tertiary/aromatic N) is 1. The summed E-state index contributed by atoms with van der Waals surface area (Å²) < 4.78 is 34.9. The van der Waals surface area contributed by atoms with Crippen molar-refractivity contribution in [3.05, 3.63) is 23.8 Å². The number of hydrogen-bond acceptors (Lipinski definition) is 4. The Hall–Kier alpha value is -2.38. The Labute approximate surface area is 117 Å². The standard InChI is InChI=1S/C13H11F2NO5/c14-13(15)20-9-3-1-2-7(11(9)21-13)5-16-6-8(12(18)19)4-10(16)17/h1-3,8H,4-6H2,(H,18,19). The van der Waals surface area contributed by atoms with Gasteiger partial charge >= 0.3 is 12.3 Å². The molecule has 2 aliphatic heterocycles. The SMILES string of the molecule is O=C(O)C1CC(=O)N(Cc2cccc3c2OC(F)(F)O3)C1. The first-order chi connectivity index (χ1) is 9.85. The lowest BCUT2D eigenvalue weighted by molar-refractivity contribution is -0.287. The zero-order valence-electron chi connectivity index (χ0n) is 10.7. The molecule has 0 bridgehead atoms. The van der Waals surface area contributed by atoms with Crippen LogP contribution in [0.2, 0.25) is 0 Å². The Balaban J connectivity index is 1.80. The first-order valence-electron chi connectivity index (χ1n) is 6.24. The number of fused-ring (bicyclic) bond motifs is 1. The van der Waals surface area contributed by atoms with E-state index in [-0.39, 0.29) is 36.9 Å². The molecule has 0 aliphatic carbocycles. The van der Waals surface area contributed by atoms with Crippen molar-refractivity contribution in [3.63, 3.8) is 0 Å². The molecule has 21 heavy (non-hydrogen) atoms. The molecular weight excluding hydrogens is 288 g/mol. The van der Waals surface area contributed by atoms with E-state index < -0.39 is 18.2 Å². The number of benzene rings is 1. The highest BCUT2D eigenvalue weighted by atomic mass is 19.3. The van der Waals surface area contributed by atoms with Gasteiger partial charge in [-0.3, -0.25) is 9.59 Å². The molecule has 1 fully saturated rings. The summed E-state index contributed by atoms with van der Waals surface area (Å²) in [5.41, 5.74) is 0.351.